The van der Waals surface area contributed by atoms with Crippen LogP contribution < -0.4 is 5.73 Å². The van der Waals surface area contributed by atoms with Gasteiger partial charge in [0, 0.05) is 12.6 Å². The fraction of sp³-hybridized carbons (Fsp3) is 0.294. The molecule has 0 unspecified atom stereocenters. The second-order valence-electron chi connectivity index (χ2n) is 5.98. The third kappa shape index (κ3) is 2.55. The van der Waals surface area contributed by atoms with E-state index in [1.807, 2.05) is 6.92 Å². The van der Waals surface area contributed by atoms with Gasteiger partial charge in [0.05, 0.1) is 12.0 Å². The highest BCUT2D eigenvalue weighted by atomic mass is 16.3. The van der Waals surface area contributed by atoms with Gasteiger partial charge in [-0.05, 0) is 38.0 Å². The molecule has 1 aliphatic rings. The van der Waals surface area contributed by atoms with E-state index in [0.717, 1.165) is 12.8 Å². The molecule has 1 aliphatic carbocycles. The van der Waals surface area contributed by atoms with Crippen molar-refractivity contribution in [3.05, 3.63) is 42.2 Å². The third-order valence-corrected chi connectivity index (χ3v) is 4.32. The molecule has 8 nitrogen and oxygen atoms in total. The Morgan fingerprint density at radius 1 is 1.44 bits per heavy atom. The summed E-state index contributed by atoms with van der Waals surface area (Å²) in [6, 6.07) is 5.44. The van der Waals surface area contributed by atoms with Crippen molar-refractivity contribution in [2.45, 2.75) is 25.8 Å². The predicted molar refractivity (Wildman–Crippen MR) is 88.9 cm³/mol. The number of hydrogen-bond acceptors (Lipinski definition) is 5. The maximum atomic E-state index is 12.9. The summed E-state index contributed by atoms with van der Waals surface area (Å²) in [6.07, 6.45) is 5.00. The van der Waals surface area contributed by atoms with Crippen LogP contribution >= 0.6 is 0 Å². The Kier molecular flexibility index (Phi) is 3.52. The van der Waals surface area contributed by atoms with Gasteiger partial charge < -0.3 is 15.1 Å². The monoisotopic (exact) mass is 339 g/mol. The van der Waals surface area contributed by atoms with E-state index in [4.69, 9.17) is 10.2 Å². The Morgan fingerprint density at radius 3 is 2.84 bits per heavy atom. The van der Waals surface area contributed by atoms with Crippen LogP contribution in [0.2, 0.25) is 0 Å². The summed E-state index contributed by atoms with van der Waals surface area (Å²) in [4.78, 5) is 34.8. The molecule has 2 N–H and O–H groups in total. The molecule has 0 aromatic carbocycles. The maximum absolute atomic E-state index is 12.9. The number of aromatic nitrogens is 3. The molecule has 1 saturated carbocycles. The van der Waals surface area contributed by atoms with Gasteiger partial charge in [-0.15, -0.1) is 0 Å². The Balaban J connectivity index is 1.91. The first-order chi connectivity index (χ1) is 12.1. The molecule has 128 valence electrons. The van der Waals surface area contributed by atoms with Gasteiger partial charge >= 0.3 is 0 Å². The first-order valence-electron chi connectivity index (χ1n) is 8.13. The van der Waals surface area contributed by atoms with Crippen LogP contribution in [0.3, 0.4) is 0 Å². The van der Waals surface area contributed by atoms with Crippen molar-refractivity contribution in [3.63, 3.8) is 0 Å². The second kappa shape index (κ2) is 5.73. The number of carbonyl (C=O) groups excluding carboxylic acids is 2. The Bertz CT molecular complexity index is 956. The van der Waals surface area contributed by atoms with Gasteiger partial charge in [-0.2, -0.15) is 0 Å². The average molecular weight is 339 g/mol. The molecule has 2 amide bonds. The van der Waals surface area contributed by atoms with Crippen LogP contribution in [0.5, 0.6) is 0 Å². The first-order valence-corrected chi connectivity index (χ1v) is 8.13. The summed E-state index contributed by atoms with van der Waals surface area (Å²) in [7, 11) is 0. The summed E-state index contributed by atoms with van der Waals surface area (Å²) in [5, 5.41) is 0. The van der Waals surface area contributed by atoms with E-state index >= 15 is 0 Å². The number of hydrogen-bond donors (Lipinski definition) is 1. The fourth-order valence-electron chi connectivity index (χ4n) is 2.97. The van der Waals surface area contributed by atoms with E-state index in [-0.39, 0.29) is 29.0 Å². The fourth-order valence-corrected chi connectivity index (χ4v) is 2.97. The van der Waals surface area contributed by atoms with Crippen molar-refractivity contribution >= 4 is 17.5 Å². The van der Waals surface area contributed by atoms with E-state index in [9.17, 15) is 9.59 Å². The Morgan fingerprint density at radius 2 is 2.24 bits per heavy atom. The molecule has 0 aliphatic heterocycles. The zero-order chi connectivity index (χ0) is 17.6. The zero-order valence-electron chi connectivity index (χ0n) is 13.7. The van der Waals surface area contributed by atoms with Gasteiger partial charge in [-0.1, -0.05) is 0 Å². The summed E-state index contributed by atoms with van der Waals surface area (Å²) >= 11 is 0. The van der Waals surface area contributed by atoms with Crippen molar-refractivity contribution in [1.29, 1.82) is 0 Å². The standard InChI is InChI=1S/C17H17N5O3/c1-2-21(10-5-6-10)17(24)11-8-12(13-4-3-7-25-13)22-9-19-14(15(18)23)16(22)20-11/h3-4,7-10H,2,5-6H2,1H3,(H2,18,23). The van der Waals surface area contributed by atoms with Crippen LogP contribution in [0.25, 0.3) is 17.1 Å². The van der Waals surface area contributed by atoms with Crippen molar-refractivity contribution in [2.24, 2.45) is 5.73 Å². The third-order valence-electron chi connectivity index (χ3n) is 4.32. The van der Waals surface area contributed by atoms with E-state index < -0.39 is 5.91 Å². The van der Waals surface area contributed by atoms with Crippen molar-refractivity contribution in [2.75, 3.05) is 6.54 Å². The van der Waals surface area contributed by atoms with Crippen molar-refractivity contribution in [1.82, 2.24) is 19.3 Å². The lowest BCUT2D eigenvalue weighted by Crippen LogP contribution is -2.33. The molecule has 25 heavy (non-hydrogen) atoms. The highest BCUT2D eigenvalue weighted by molar-refractivity contribution is 5.99. The Hall–Kier alpha value is -3.16. The number of nitrogens with two attached hydrogens (primary N) is 1. The quantitative estimate of drug-likeness (QED) is 0.761. The largest absolute Gasteiger partial charge is 0.463 e. The van der Waals surface area contributed by atoms with Crippen LogP contribution in [-0.2, 0) is 0 Å². The molecular weight excluding hydrogens is 322 g/mol. The van der Waals surface area contributed by atoms with Crippen molar-refractivity contribution < 1.29 is 14.0 Å². The number of amides is 2. The summed E-state index contributed by atoms with van der Waals surface area (Å²) in [6.45, 7) is 2.55. The molecule has 3 heterocycles. The minimum absolute atomic E-state index is 0.0249. The Labute approximate surface area is 143 Å². The van der Waals surface area contributed by atoms with Crippen LogP contribution in [0.1, 0.15) is 40.7 Å². The SMILES string of the molecule is CCN(C(=O)c1cc(-c2ccco2)n2cnc(C(N)=O)c2n1)C1CC1. The number of rotatable bonds is 5. The predicted octanol–water partition coefficient (Wildman–Crippen LogP) is 1.71. The minimum atomic E-state index is -0.695. The maximum Gasteiger partial charge on any atom is 0.272 e. The highest BCUT2D eigenvalue weighted by Gasteiger charge is 2.33. The molecule has 3 aromatic heterocycles. The first kappa shape index (κ1) is 15.4. The highest BCUT2D eigenvalue weighted by Crippen LogP contribution is 2.29. The molecule has 1 fully saturated rings. The number of nitrogens with zero attached hydrogens (tertiary/aromatic N) is 4. The molecule has 3 aromatic rings. The lowest BCUT2D eigenvalue weighted by atomic mass is 10.2. The molecule has 0 radical (unpaired) electrons. The number of fused-ring (bicyclic) bond motifs is 1. The molecule has 8 heteroatoms. The van der Waals surface area contributed by atoms with Gasteiger partial charge in [-0.3, -0.25) is 14.0 Å². The normalized spacial score (nSPS) is 14.0. The number of imidazole rings is 1. The topological polar surface area (TPSA) is 107 Å². The second-order valence-corrected chi connectivity index (χ2v) is 5.98. The van der Waals surface area contributed by atoms with Crippen LogP contribution in [0.15, 0.2) is 35.2 Å². The van der Waals surface area contributed by atoms with Gasteiger partial charge in [0.1, 0.15) is 12.0 Å². The van der Waals surface area contributed by atoms with Crippen LogP contribution in [0, 0.1) is 0 Å². The molecular formula is C17H17N5O3. The zero-order valence-corrected chi connectivity index (χ0v) is 13.7. The molecule has 4 rings (SSSR count). The molecule has 0 spiro atoms. The van der Waals surface area contributed by atoms with E-state index in [2.05, 4.69) is 9.97 Å². The average Bonchev–Trinajstić information content (AvgIpc) is 3.13. The van der Waals surface area contributed by atoms with Gasteiger partial charge in [0.25, 0.3) is 11.8 Å². The van der Waals surface area contributed by atoms with Gasteiger partial charge in [-0.25, -0.2) is 9.97 Å². The van der Waals surface area contributed by atoms with E-state index in [1.54, 1.807) is 27.5 Å². The van der Waals surface area contributed by atoms with Crippen LogP contribution in [-0.4, -0.2) is 43.7 Å². The van der Waals surface area contributed by atoms with Crippen LogP contribution in [0.4, 0.5) is 0 Å². The summed E-state index contributed by atoms with van der Waals surface area (Å²) in [5.41, 5.74) is 6.50. The summed E-state index contributed by atoms with van der Waals surface area (Å²) < 4.78 is 7.06. The van der Waals surface area contributed by atoms with E-state index in [1.165, 1.54) is 12.6 Å². The minimum Gasteiger partial charge on any atom is -0.463 e. The van der Waals surface area contributed by atoms with Crippen molar-refractivity contribution in [3.8, 4) is 11.5 Å². The summed E-state index contributed by atoms with van der Waals surface area (Å²) in [5.74, 6) is -0.319. The number of primary amides is 1. The van der Waals surface area contributed by atoms with E-state index in [0.29, 0.717) is 18.0 Å². The van der Waals surface area contributed by atoms with Gasteiger partial charge in [0.15, 0.2) is 17.1 Å². The molecule has 0 bridgehead atoms. The lowest BCUT2D eigenvalue weighted by molar-refractivity contribution is 0.0746. The van der Waals surface area contributed by atoms with Gasteiger partial charge in [0.2, 0.25) is 0 Å². The smallest absolute Gasteiger partial charge is 0.272 e. The number of furan rings is 1. The molecule has 0 atom stereocenters. The lowest BCUT2D eigenvalue weighted by Gasteiger charge is -2.20. The number of carbonyl (C=O) groups is 2. The molecule has 0 saturated heterocycles.